The molecule has 0 saturated heterocycles. The number of nitrogens with two attached hydrogens (primary N) is 1. The fourth-order valence-corrected chi connectivity index (χ4v) is 2.41. The smallest absolute Gasteiger partial charge is 0.341 e. The molecule has 0 fully saturated rings. The van der Waals surface area contributed by atoms with Crippen LogP contribution in [0.4, 0.5) is 0 Å². The Morgan fingerprint density at radius 1 is 1.13 bits per heavy atom. The molecular formula is C17H22N2O4. The topological polar surface area (TPSA) is 94.4 Å². The Kier molecular flexibility index (Phi) is 4.47. The van der Waals surface area contributed by atoms with Crippen molar-refractivity contribution in [3.8, 4) is 0 Å². The number of esters is 1. The van der Waals surface area contributed by atoms with E-state index in [2.05, 4.69) is 9.82 Å². The number of carbonyl (C=O) groups is 2. The van der Waals surface area contributed by atoms with Crippen molar-refractivity contribution in [3.05, 3.63) is 36.0 Å². The average Bonchev–Trinajstić information content (AvgIpc) is 2.87. The first-order chi connectivity index (χ1) is 10.7. The maximum atomic E-state index is 12.6. The monoisotopic (exact) mass is 318 g/mol. The molecule has 0 bridgehead atoms. The molecule has 124 valence electrons. The minimum absolute atomic E-state index is 0.127. The second-order valence-corrected chi connectivity index (χ2v) is 6.78. The normalized spacial score (nSPS) is 14.3. The van der Waals surface area contributed by atoms with Crippen LogP contribution in [0.2, 0.25) is 0 Å². The van der Waals surface area contributed by atoms with Gasteiger partial charge in [0, 0.05) is 23.5 Å². The molecule has 6 nitrogen and oxygen atoms in total. The van der Waals surface area contributed by atoms with Crippen molar-refractivity contribution in [2.24, 2.45) is 11.3 Å². The molecule has 0 aliphatic heterocycles. The summed E-state index contributed by atoms with van der Waals surface area (Å²) in [6.07, 6.45) is 1.90. The van der Waals surface area contributed by atoms with Crippen LogP contribution in [0.25, 0.3) is 10.9 Å². The molecular weight excluding hydrogens is 296 g/mol. The highest BCUT2D eigenvalue weighted by molar-refractivity contribution is 6.00. The minimum atomic E-state index is -1.52. The van der Waals surface area contributed by atoms with Crippen LogP contribution >= 0.6 is 0 Å². The number of ether oxygens (including phenoxy) is 1. The van der Waals surface area contributed by atoms with Crippen molar-refractivity contribution in [2.75, 3.05) is 0 Å². The number of benzene rings is 1. The Hall–Kier alpha value is -2.34. The number of fused-ring (bicyclic) bond motifs is 1. The van der Waals surface area contributed by atoms with E-state index < -0.39 is 23.0 Å². The highest BCUT2D eigenvalue weighted by Crippen LogP contribution is 2.31. The average molecular weight is 318 g/mol. The van der Waals surface area contributed by atoms with Gasteiger partial charge in [-0.1, -0.05) is 18.2 Å². The molecule has 0 radical (unpaired) electrons. The van der Waals surface area contributed by atoms with Gasteiger partial charge in [-0.3, -0.25) is 4.79 Å². The number of aromatic nitrogens is 1. The Morgan fingerprint density at radius 2 is 1.78 bits per heavy atom. The van der Waals surface area contributed by atoms with E-state index >= 15 is 0 Å². The first-order valence-corrected chi connectivity index (χ1v) is 7.37. The maximum absolute atomic E-state index is 12.6. The standard InChI is InChI=1S/C17H22N2O4/c1-16(2,3)22-14(20)17(4,15(21)23-18)9-11-10-19-13-8-6-5-7-12(11)13/h5-8,10,19H,9,18H2,1-4H3. The summed E-state index contributed by atoms with van der Waals surface area (Å²) in [6, 6.07) is 7.64. The molecule has 3 N–H and O–H groups in total. The third-order valence-electron chi connectivity index (χ3n) is 3.63. The fourth-order valence-electron chi connectivity index (χ4n) is 2.41. The number of para-hydroxylation sites is 1. The molecule has 0 aliphatic carbocycles. The molecule has 2 aromatic rings. The summed E-state index contributed by atoms with van der Waals surface area (Å²) in [6.45, 7) is 6.71. The van der Waals surface area contributed by atoms with Gasteiger partial charge in [-0.25, -0.2) is 4.79 Å². The summed E-state index contributed by atoms with van der Waals surface area (Å²) in [7, 11) is 0. The van der Waals surface area contributed by atoms with Gasteiger partial charge in [0.25, 0.3) is 0 Å². The van der Waals surface area contributed by atoms with Gasteiger partial charge in [-0.15, -0.1) is 0 Å². The Labute approximate surface area is 134 Å². The van der Waals surface area contributed by atoms with Gasteiger partial charge < -0.3 is 14.6 Å². The molecule has 1 unspecified atom stereocenters. The summed E-state index contributed by atoms with van der Waals surface area (Å²) in [5.41, 5.74) is -0.491. The third kappa shape index (κ3) is 3.53. The van der Waals surface area contributed by atoms with Crippen LogP contribution in [-0.2, 0) is 25.6 Å². The number of H-pyrrole nitrogens is 1. The highest BCUT2D eigenvalue weighted by Gasteiger charge is 2.46. The lowest BCUT2D eigenvalue weighted by Crippen LogP contribution is -2.44. The van der Waals surface area contributed by atoms with E-state index in [1.807, 2.05) is 24.3 Å². The van der Waals surface area contributed by atoms with Crippen LogP contribution in [0.5, 0.6) is 0 Å². The SMILES string of the molecule is CC(C)(C)OC(=O)C(C)(Cc1c[nH]c2ccccc12)C(=O)ON. The molecule has 1 aromatic carbocycles. The van der Waals surface area contributed by atoms with Crippen molar-refractivity contribution < 1.29 is 19.2 Å². The van der Waals surface area contributed by atoms with Gasteiger partial charge in [-0.2, -0.15) is 5.90 Å². The summed E-state index contributed by atoms with van der Waals surface area (Å²) < 4.78 is 5.38. The van der Waals surface area contributed by atoms with Crippen LogP contribution < -0.4 is 5.90 Å². The molecule has 6 heteroatoms. The summed E-state index contributed by atoms with van der Waals surface area (Å²) >= 11 is 0. The molecule has 0 aliphatic rings. The van der Waals surface area contributed by atoms with Gasteiger partial charge in [0.15, 0.2) is 5.41 Å². The van der Waals surface area contributed by atoms with Gasteiger partial charge >= 0.3 is 11.9 Å². The number of aromatic amines is 1. The minimum Gasteiger partial charge on any atom is -0.459 e. The Balaban J connectivity index is 2.39. The number of rotatable bonds is 4. The van der Waals surface area contributed by atoms with Gasteiger partial charge in [-0.05, 0) is 39.3 Å². The lowest BCUT2D eigenvalue weighted by molar-refractivity contribution is -0.178. The zero-order valence-corrected chi connectivity index (χ0v) is 13.8. The number of hydrogen-bond donors (Lipinski definition) is 2. The summed E-state index contributed by atoms with van der Waals surface area (Å²) in [4.78, 5) is 32.2. The fraction of sp³-hybridized carbons (Fsp3) is 0.412. The van der Waals surface area contributed by atoms with Gasteiger partial charge in [0.2, 0.25) is 0 Å². The second kappa shape index (κ2) is 6.04. The van der Waals surface area contributed by atoms with Gasteiger partial charge in [0.1, 0.15) is 5.60 Å². The lowest BCUT2D eigenvalue weighted by Gasteiger charge is -2.29. The van der Waals surface area contributed by atoms with Crippen LogP contribution in [0.1, 0.15) is 33.3 Å². The first kappa shape index (κ1) is 17.0. The summed E-state index contributed by atoms with van der Waals surface area (Å²) in [5.74, 6) is 3.55. The van der Waals surface area contributed by atoms with Crippen LogP contribution in [0, 0.1) is 5.41 Å². The van der Waals surface area contributed by atoms with E-state index in [0.717, 1.165) is 16.5 Å². The zero-order valence-electron chi connectivity index (χ0n) is 13.8. The second-order valence-electron chi connectivity index (χ2n) is 6.78. The van der Waals surface area contributed by atoms with Crippen molar-refractivity contribution in [2.45, 2.75) is 39.7 Å². The third-order valence-corrected chi connectivity index (χ3v) is 3.63. The molecule has 1 aromatic heterocycles. The molecule has 0 spiro atoms. The number of hydrogen-bond acceptors (Lipinski definition) is 5. The van der Waals surface area contributed by atoms with E-state index in [1.165, 1.54) is 6.92 Å². The van der Waals surface area contributed by atoms with E-state index in [1.54, 1.807) is 27.0 Å². The molecule has 1 heterocycles. The molecule has 0 saturated carbocycles. The molecule has 0 amide bonds. The van der Waals surface area contributed by atoms with E-state index in [9.17, 15) is 9.59 Å². The van der Waals surface area contributed by atoms with Crippen LogP contribution in [0.3, 0.4) is 0 Å². The first-order valence-electron chi connectivity index (χ1n) is 7.37. The highest BCUT2D eigenvalue weighted by atomic mass is 16.7. The Bertz CT molecular complexity index is 730. The van der Waals surface area contributed by atoms with Crippen molar-refractivity contribution in [3.63, 3.8) is 0 Å². The molecule has 23 heavy (non-hydrogen) atoms. The number of nitrogens with one attached hydrogen (secondary N) is 1. The van der Waals surface area contributed by atoms with Crippen LogP contribution in [0.15, 0.2) is 30.5 Å². The largest absolute Gasteiger partial charge is 0.459 e. The molecule has 2 rings (SSSR count). The number of carbonyl (C=O) groups excluding carboxylic acids is 2. The van der Waals surface area contributed by atoms with Gasteiger partial charge in [0.05, 0.1) is 0 Å². The van der Waals surface area contributed by atoms with E-state index in [0.29, 0.717) is 0 Å². The van der Waals surface area contributed by atoms with Crippen molar-refractivity contribution >= 4 is 22.8 Å². The van der Waals surface area contributed by atoms with Crippen LogP contribution in [-0.4, -0.2) is 22.5 Å². The predicted octanol–water partition coefficient (Wildman–Crippen LogP) is 2.48. The quantitative estimate of drug-likeness (QED) is 0.513. The molecule has 1 atom stereocenters. The van der Waals surface area contributed by atoms with E-state index in [-0.39, 0.29) is 6.42 Å². The zero-order chi connectivity index (χ0) is 17.3. The van der Waals surface area contributed by atoms with Crippen molar-refractivity contribution in [1.82, 2.24) is 4.98 Å². The maximum Gasteiger partial charge on any atom is 0.341 e. The lowest BCUT2D eigenvalue weighted by atomic mass is 9.83. The summed E-state index contributed by atoms with van der Waals surface area (Å²) in [5, 5.41) is 0.937. The van der Waals surface area contributed by atoms with E-state index in [4.69, 9.17) is 10.6 Å². The Morgan fingerprint density at radius 3 is 2.39 bits per heavy atom. The predicted molar refractivity (Wildman–Crippen MR) is 86.2 cm³/mol. The van der Waals surface area contributed by atoms with Crippen molar-refractivity contribution in [1.29, 1.82) is 0 Å².